The smallest absolute Gasteiger partial charge is 0.246 e. The van der Waals surface area contributed by atoms with Gasteiger partial charge < -0.3 is 10.6 Å². The number of rotatable bonds is 2. The summed E-state index contributed by atoms with van der Waals surface area (Å²) in [4.78, 5) is 14.9. The fourth-order valence-electron chi connectivity index (χ4n) is 2.22. The summed E-state index contributed by atoms with van der Waals surface area (Å²) in [6, 6.07) is 4.10. The van der Waals surface area contributed by atoms with Gasteiger partial charge in [-0.2, -0.15) is 0 Å². The van der Waals surface area contributed by atoms with Crippen LogP contribution in [0.25, 0.3) is 6.08 Å². The van der Waals surface area contributed by atoms with Crippen molar-refractivity contribution in [1.82, 2.24) is 4.90 Å². The fraction of sp³-hybridized carbons (Fsp3) is 0.462. The predicted octanol–water partition coefficient (Wildman–Crippen LogP) is 1.96. The molecule has 0 radical (unpaired) electrons. The van der Waals surface area contributed by atoms with Gasteiger partial charge in [-0.25, -0.2) is 0 Å². The van der Waals surface area contributed by atoms with E-state index in [9.17, 15) is 4.79 Å². The molecular formula is C13H18N2OS. The Bertz CT molecular complexity index is 390. The van der Waals surface area contributed by atoms with Gasteiger partial charge in [0.05, 0.1) is 0 Å². The maximum atomic E-state index is 12.0. The number of piperidine rings is 1. The molecule has 1 amide bonds. The van der Waals surface area contributed by atoms with Gasteiger partial charge in [-0.15, -0.1) is 11.3 Å². The van der Waals surface area contributed by atoms with Crippen LogP contribution in [0.5, 0.6) is 0 Å². The first kappa shape index (κ1) is 12.3. The molecule has 2 rings (SSSR count). The second-order valence-corrected chi connectivity index (χ2v) is 5.67. The molecule has 2 unspecified atom stereocenters. The standard InChI is InChI=1S/C13H18N2OS/c1-10-7-11(14)9-15(8-10)13(16)5-4-12-3-2-6-17-12/h2-6,10-11H,7-9,14H2,1H3. The summed E-state index contributed by atoms with van der Waals surface area (Å²) in [6.07, 6.45) is 4.53. The minimum Gasteiger partial charge on any atom is -0.337 e. The van der Waals surface area contributed by atoms with Crippen molar-refractivity contribution in [3.63, 3.8) is 0 Å². The van der Waals surface area contributed by atoms with E-state index in [0.717, 1.165) is 17.8 Å². The Labute approximate surface area is 106 Å². The van der Waals surface area contributed by atoms with Crippen molar-refractivity contribution in [3.8, 4) is 0 Å². The molecule has 17 heavy (non-hydrogen) atoms. The Morgan fingerprint density at radius 2 is 2.41 bits per heavy atom. The molecule has 1 aromatic rings. The zero-order valence-corrected chi connectivity index (χ0v) is 10.8. The van der Waals surface area contributed by atoms with E-state index in [1.165, 1.54) is 0 Å². The highest BCUT2D eigenvalue weighted by Gasteiger charge is 2.24. The Balaban J connectivity index is 1.95. The first-order valence-electron chi connectivity index (χ1n) is 5.91. The van der Waals surface area contributed by atoms with Gasteiger partial charge in [0.25, 0.3) is 0 Å². The van der Waals surface area contributed by atoms with Crippen molar-refractivity contribution >= 4 is 23.3 Å². The molecule has 1 aromatic heterocycles. The van der Waals surface area contributed by atoms with Crippen molar-refractivity contribution in [2.75, 3.05) is 13.1 Å². The molecule has 1 aliphatic heterocycles. The van der Waals surface area contributed by atoms with Gasteiger partial charge >= 0.3 is 0 Å². The summed E-state index contributed by atoms with van der Waals surface area (Å²) in [5.41, 5.74) is 5.93. The average molecular weight is 250 g/mol. The van der Waals surface area contributed by atoms with Crippen molar-refractivity contribution in [2.24, 2.45) is 11.7 Å². The molecule has 0 bridgehead atoms. The highest BCUT2D eigenvalue weighted by Crippen LogP contribution is 2.16. The number of nitrogens with two attached hydrogens (primary N) is 1. The molecule has 1 aliphatic rings. The maximum absolute atomic E-state index is 12.0. The van der Waals surface area contributed by atoms with Gasteiger partial charge in [0.15, 0.2) is 0 Å². The van der Waals surface area contributed by atoms with Crippen LogP contribution < -0.4 is 5.73 Å². The third-order valence-corrected chi connectivity index (χ3v) is 3.77. The first-order valence-corrected chi connectivity index (χ1v) is 6.79. The quantitative estimate of drug-likeness (QED) is 0.816. The lowest BCUT2D eigenvalue weighted by Gasteiger charge is -2.34. The van der Waals surface area contributed by atoms with Crippen LogP contribution >= 0.6 is 11.3 Å². The van der Waals surface area contributed by atoms with E-state index in [1.54, 1.807) is 17.4 Å². The molecule has 3 nitrogen and oxygen atoms in total. The van der Waals surface area contributed by atoms with Crippen LogP contribution in [0, 0.1) is 5.92 Å². The maximum Gasteiger partial charge on any atom is 0.246 e. The molecular weight excluding hydrogens is 232 g/mol. The molecule has 0 aliphatic carbocycles. The number of carbonyl (C=O) groups is 1. The molecule has 0 saturated carbocycles. The van der Waals surface area contributed by atoms with Crippen LogP contribution in [-0.4, -0.2) is 29.9 Å². The molecule has 0 spiro atoms. The van der Waals surface area contributed by atoms with Crippen LogP contribution in [0.4, 0.5) is 0 Å². The molecule has 2 atom stereocenters. The second kappa shape index (κ2) is 5.47. The molecule has 2 N–H and O–H groups in total. The van der Waals surface area contributed by atoms with Gasteiger partial charge in [0.1, 0.15) is 0 Å². The number of hydrogen-bond acceptors (Lipinski definition) is 3. The summed E-state index contributed by atoms with van der Waals surface area (Å²) in [7, 11) is 0. The monoisotopic (exact) mass is 250 g/mol. The Hall–Kier alpha value is -1.13. The lowest BCUT2D eigenvalue weighted by atomic mass is 9.96. The summed E-state index contributed by atoms with van der Waals surface area (Å²) < 4.78 is 0. The van der Waals surface area contributed by atoms with E-state index in [4.69, 9.17) is 5.73 Å². The van der Waals surface area contributed by atoms with E-state index in [0.29, 0.717) is 12.5 Å². The zero-order valence-electron chi connectivity index (χ0n) is 10.0. The SMILES string of the molecule is CC1CC(N)CN(C(=O)C=Cc2cccs2)C1. The number of thiophene rings is 1. The number of likely N-dealkylation sites (tertiary alicyclic amines) is 1. The Morgan fingerprint density at radius 1 is 1.59 bits per heavy atom. The van der Waals surface area contributed by atoms with Gasteiger partial charge in [-0.3, -0.25) is 4.79 Å². The van der Waals surface area contributed by atoms with Gasteiger partial charge in [-0.05, 0) is 29.9 Å². The van der Waals surface area contributed by atoms with Crippen molar-refractivity contribution in [2.45, 2.75) is 19.4 Å². The van der Waals surface area contributed by atoms with Crippen LogP contribution in [0.1, 0.15) is 18.2 Å². The van der Waals surface area contributed by atoms with Crippen LogP contribution in [-0.2, 0) is 4.79 Å². The highest BCUT2D eigenvalue weighted by molar-refractivity contribution is 7.10. The molecule has 4 heteroatoms. The lowest BCUT2D eigenvalue weighted by molar-refractivity contribution is -0.127. The largest absolute Gasteiger partial charge is 0.337 e. The van der Waals surface area contributed by atoms with Gasteiger partial charge in [0, 0.05) is 30.1 Å². The number of amides is 1. The normalized spacial score (nSPS) is 25.4. The zero-order chi connectivity index (χ0) is 12.3. The van der Waals surface area contributed by atoms with E-state index in [1.807, 2.05) is 28.5 Å². The van der Waals surface area contributed by atoms with E-state index in [-0.39, 0.29) is 11.9 Å². The minimum absolute atomic E-state index is 0.0698. The van der Waals surface area contributed by atoms with E-state index in [2.05, 4.69) is 6.92 Å². The third kappa shape index (κ3) is 3.41. The second-order valence-electron chi connectivity index (χ2n) is 4.69. The van der Waals surface area contributed by atoms with Crippen LogP contribution in [0.2, 0.25) is 0 Å². The predicted molar refractivity (Wildman–Crippen MR) is 71.7 cm³/mol. The van der Waals surface area contributed by atoms with Gasteiger partial charge in [0.2, 0.25) is 5.91 Å². The van der Waals surface area contributed by atoms with Crippen molar-refractivity contribution < 1.29 is 4.79 Å². The molecule has 92 valence electrons. The molecule has 1 saturated heterocycles. The summed E-state index contributed by atoms with van der Waals surface area (Å²) in [5.74, 6) is 0.568. The van der Waals surface area contributed by atoms with Crippen LogP contribution in [0.3, 0.4) is 0 Å². The molecule has 0 aromatic carbocycles. The summed E-state index contributed by atoms with van der Waals surface area (Å²) in [5, 5.41) is 2.00. The fourth-order valence-corrected chi connectivity index (χ4v) is 2.84. The van der Waals surface area contributed by atoms with E-state index < -0.39 is 0 Å². The van der Waals surface area contributed by atoms with Crippen molar-refractivity contribution in [1.29, 1.82) is 0 Å². The third-order valence-electron chi connectivity index (χ3n) is 2.94. The first-order chi connectivity index (χ1) is 8.15. The summed E-state index contributed by atoms with van der Waals surface area (Å²) >= 11 is 1.63. The summed E-state index contributed by atoms with van der Waals surface area (Å²) in [6.45, 7) is 3.64. The van der Waals surface area contributed by atoms with Gasteiger partial charge in [-0.1, -0.05) is 13.0 Å². The topological polar surface area (TPSA) is 46.3 Å². The lowest BCUT2D eigenvalue weighted by Crippen LogP contribution is -2.48. The minimum atomic E-state index is 0.0698. The number of nitrogens with zero attached hydrogens (tertiary/aromatic N) is 1. The van der Waals surface area contributed by atoms with E-state index >= 15 is 0 Å². The molecule has 1 fully saturated rings. The van der Waals surface area contributed by atoms with Crippen LogP contribution in [0.15, 0.2) is 23.6 Å². The number of hydrogen-bond donors (Lipinski definition) is 1. The Morgan fingerprint density at radius 3 is 3.06 bits per heavy atom. The molecule has 2 heterocycles. The highest BCUT2D eigenvalue weighted by atomic mass is 32.1. The Kier molecular flexibility index (Phi) is 3.97. The average Bonchev–Trinajstić information content (AvgIpc) is 2.77. The van der Waals surface area contributed by atoms with Crippen molar-refractivity contribution in [3.05, 3.63) is 28.5 Å². The number of carbonyl (C=O) groups excluding carboxylic acids is 1.